The second-order valence-electron chi connectivity index (χ2n) is 5.92. The predicted molar refractivity (Wildman–Crippen MR) is 93.8 cm³/mol. The maximum atomic E-state index is 13.3. The Morgan fingerprint density at radius 3 is 2.65 bits per heavy atom. The molecule has 136 valence electrons. The molecule has 7 heteroatoms. The molecule has 1 heterocycles. The van der Waals surface area contributed by atoms with Gasteiger partial charge in [-0.3, -0.25) is 9.59 Å². The van der Waals surface area contributed by atoms with E-state index in [0.29, 0.717) is 23.7 Å². The largest absolute Gasteiger partial charge is 0.497 e. The van der Waals surface area contributed by atoms with Crippen molar-refractivity contribution in [2.75, 3.05) is 25.2 Å². The average Bonchev–Trinajstić information content (AvgIpc) is 3.00. The molecule has 0 radical (unpaired) electrons. The van der Waals surface area contributed by atoms with Gasteiger partial charge in [0.15, 0.2) is 6.61 Å². The minimum Gasteiger partial charge on any atom is -0.497 e. The Morgan fingerprint density at radius 2 is 1.96 bits per heavy atom. The normalized spacial score (nSPS) is 16.5. The van der Waals surface area contributed by atoms with Gasteiger partial charge in [-0.15, -0.1) is 0 Å². The third-order valence-electron chi connectivity index (χ3n) is 4.04. The summed E-state index contributed by atoms with van der Waals surface area (Å²) in [5.74, 6) is 0.362. The summed E-state index contributed by atoms with van der Waals surface area (Å²) in [5.41, 5.74) is 0.487. The van der Waals surface area contributed by atoms with E-state index >= 15 is 0 Å². The third-order valence-corrected chi connectivity index (χ3v) is 4.04. The first-order valence-corrected chi connectivity index (χ1v) is 8.17. The monoisotopic (exact) mass is 358 g/mol. The molecule has 0 aliphatic carbocycles. The van der Waals surface area contributed by atoms with E-state index in [1.54, 1.807) is 43.5 Å². The molecule has 1 aliphatic rings. The molecule has 6 nitrogen and oxygen atoms in total. The van der Waals surface area contributed by atoms with Crippen LogP contribution in [-0.2, 0) is 9.59 Å². The molecule has 1 fully saturated rings. The maximum absolute atomic E-state index is 13.3. The maximum Gasteiger partial charge on any atom is 0.258 e. The predicted octanol–water partition coefficient (Wildman–Crippen LogP) is 2.13. The van der Waals surface area contributed by atoms with Crippen LogP contribution in [0.3, 0.4) is 0 Å². The van der Waals surface area contributed by atoms with Crippen LogP contribution in [0.25, 0.3) is 0 Å². The van der Waals surface area contributed by atoms with Crippen LogP contribution in [-0.4, -0.2) is 38.1 Å². The van der Waals surface area contributed by atoms with Crippen molar-refractivity contribution in [3.8, 4) is 11.5 Å². The van der Waals surface area contributed by atoms with Crippen molar-refractivity contribution < 1.29 is 23.5 Å². The summed E-state index contributed by atoms with van der Waals surface area (Å²) in [5, 5.41) is 2.77. The number of nitrogens with one attached hydrogen (secondary N) is 1. The highest BCUT2D eigenvalue weighted by atomic mass is 19.1. The number of ether oxygens (including phenoxy) is 2. The lowest BCUT2D eigenvalue weighted by molar-refractivity contribution is -0.123. The van der Waals surface area contributed by atoms with Gasteiger partial charge < -0.3 is 19.7 Å². The number of methoxy groups -OCH3 is 1. The fourth-order valence-electron chi connectivity index (χ4n) is 2.79. The number of carbonyl (C=O) groups excluding carboxylic acids is 2. The van der Waals surface area contributed by atoms with E-state index in [0.717, 1.165) is 0 Å². The first kappa shape index (κ1) is 17.7. The Balaban J connectivity index is 1.51. The van der Waals surface area contributed by atoms with Gasteiger partial charge >= 0.3 is 0 Å². The van der Waals surface area contributed by atoms with E-state index in [9.17, 15) is 14.0 Å². The van der Waals surface area contributed by atoms with Crippen molar-refractivity contribution >= 4 is 17.5 Å². The van der Waals surface area contributed by atoms with Crippen LogP contribution in [0.5, 0.6) is 11.5 Å². The molecule has 1 aliphatic heterocycles. The van der Waals surface area contributed by atoms with Crippen molar-refractivity contribution in [2.45, 2.75) is 12.5 Å². The van der Waals surface area contributed by atoms with Gasteiger partial charge in [0, 0.05) is 18.7 Å². The molecule has 0 unspecified atom stereocenters. The topological polar surface area (TPSA) is 67.9 Å². The molecule has 3 rings (SSSR count). The quantitative estimate of drug-likeness (QED) is 0.859. The lowest BCUT2D eigenvalue weighted by Crippen LogP contribution is -2.39. The summed E-state index contributed by atoms with van der Waals surface area (Å²) in [7, 11) is 1.57. The molecule has 1 atom stereocenters. The number of amides is 2. The van der Waals surface area contributed by atoms with Crippen LogP contribution in [0, 0.1) is 5.82 Å². The van der Waals surface area contributed by atoms with Crippen LogP contribution < -0.4 is 19.7 Å². The summed E-state index contributed by atoms with van der Waals surface area (Å²) < 4.78 is 23.8. The van der Waals surface area contributed by atoms with Gasteiger partial charge in [0.2, 0.25) is 5.91 Å². The van der Waals surface area contributed by atoms with E-state index in [1.807, 2.05) is 0 Å². The summed E-state index contributed by atoms with van der Waals surface area (Å²) in [4.78, 5) is 25.6. The zero-order valence-electron chi connectivity index (χ0n) is 14.3. The van der Waals surface area contributed by atoms with E-state index in [4.69, 9.17) is 9.47 Å². The Labute approximate surface area is 150 Å². The number of benzene rings is 2. The van der Waals surface area contributed by atoms with Crippen LogP contribution in [0.4, 0.5) is 10.1 Å². The van der Waals surface area contributed by atoms with Gasteiger partial charge in [0.05, 0.1) is 13.2 Å². The number of rotatable bonds is 6. The van der Waals surface area contributed by atoms with Crippen LogP contribution >= 0.6 is 0 Å². The summed E-state index contributed by atoms with van der Waals surface area (Å²) in [6.07, 6.45) is 0.171. The van der Waals surface area contributed by atoms with Gasteiger partial charge in [-0.2, -0.15) is 0 Å². The van der Waals surface area contributed by atoms with Crippen molar-refractivity contribution in [3.05, 3.63) is 54.3 Å². The highest BCUT2D eigenvalue weighted by molar-refractivity contribution is 5.96. The number of halogens is 1. The van der Waals surface area contributed by atoms with Gasteiger partial charge in [-0.1, -0.05) is 6.07 Å². The Hall–Kier alpha value is -3.09. The first-order chi connectivity index (χ1) is 12.5. The Kier molecular flexibility index (Phi) is 5.36. The third kappa shape index (κ3) is 4.30. The van der Waals surface area contributed by atoms with Gasteiger partial charge in [-0.25, -0.2) is 4.39 Å². The van der Waals surface area contributed by atoms with E-state index < -0.39 is 5.82 Å². The molecule has 2 aromatic rings. The lowest BCUT2D eigenvalue weighted by atomic mass is 10.2. The number of nitrogens with zero attached hydrogens (tertiary/aromatic N) is 1. The minimum absolute atomic E-state index is 0.156. The second-order valence-corrected chi connectivity index (χ2v) is 5.92. The van der Waals surface area contributed by atoms with Crippen molar-refractivity contribution in [1.29, 1.82) is 0 Å². The Morgan fingerprint density at radius 1 is 1.23 bits per heavy atom. The SMILES string of the molecule is COc1ccc(OCC(=O)N[C@@H]2CC(=O)N(c3cccc(F)c3)C2)cc1. The molecular weight excluding hydrogens is 339 g/mol. The van der Waals surface area contributed by atoms with E-state index in [2.05, 4.69) is 5.32 Å². The molecule has 26 heavy (non-hydrogen) atoms. The van der Waals surface area contributed by atoms with Crippen LogP contribution in [0.1, 0.15) is 6.42 Å². The second kappa shape index (κ2) is 7.86. The molecule has 0 spiro atoms. The molecule has 2 amide bonds. The van der Waals surface area contributed by atoms with Crippen LogP contribution in [0.15, 0.2) is 48.5 Å². The summed E-state index contributed by atoms with van der Waals surface area (Å²) in [6, 6.07) is 12.4. The fraction of sp³-hybridized carbons (Fsp3) is 0.263. The zero-order chi connectivity index (χ0) is 18.5. The zero-order valence-corrected chi connectivity index (χ0v) is 14.3. The molecular formula is C19H19FN2O4. The number of hydrogen-bond acceptors (Lipinski definition) is 4. The molecule has 2 aromatic carbocycles. The molecule has 0 bridgehead atoms. The van der Waals surface area contributed by atoms with E-state index in [-0.39, 0.29) is 30.9 Å². The lowest BCUT2D eigenvalue weighted by Gasteiger charge is -2.17. The highest BCUT2D eigenvalue weighted by Gasteiger charge is 2.31. The van der Waals surface area contributed by atoms with Gasteiger partial charge in [0.25, 0.3) is 5.91 Å². The summed E-state index contributed by atoms with van der Waals surface area (Å²) in [6.45, 7) is 0.146. The van der Waals surface area contributed by atoms with Gasteiger partial charge in [0.1, 0.15) is 17.3 Å². The average molecular weight is 358 g/mol. The van der Waals surface area contributed by atoms with Gasteiger partial charge in [-0.05, 0) is 42.5 Å². The standard InChI is InChI=1S/C19H19FN2O4/c1-25-16-5-7-17(8-6-16)26-12-18(23)21-14-10-19(24)22(11-14)15-4-2-3-13(20)9-15/h2-9,14H,10-12H2,1H3,(H,21,23)/t14-/m1/s1. The van der Waals surface area contributed by atoms with Crippen LogP contribution in [0.2, 0.25) is 0 Å². The number of carbonyl (C=O) groups is 2. The molecule has 1 N–H and O–H groups in total. The number of hydrogen-bond donors (Lipinski definition) is 1. The molecule has 0 aromatic heterocycles. The minimum atomic E-state index is -0.407. The van der Waals surface area contributed by atoms with Crippen molar-refractivity contribution in [1.82, 2.24) is 5.32 Å². The fourth-order valence-corrected chi connectivity index (χ4v) is 2.79. The van der Waals surface area contributed by atoms with Crippen molar-refractivity contribution in [2.24, 2.45) is 0 Å². The van der Waals surface area contributed by atoms with Crippen molar-refractivity contribution in [3.63, 3.8) is 0 Å². The smallest absolute Gasteiger partial charge is 0.258 e. The first-order valence-electron chi connectivity index (χ1n) is 8.17. The molecule has 0 saturated carbocycles. The Bertz CT molecular complexity index is 794. The van der Waals surface area contributed by atoms with E-state index in [1.165, 1.54) is 17.0 Å². The molecule has 1 saturated heterocycles. The number of anilines is 1. The summed E-state index contributed by atoms with van der Waals surface area (Å²) >= 11 is 0. The highest BCUT2D eigenvalue weighted by Crippen LogP contribution is 2.22.